The van der Waals surface area contributed by atoms with E-state index in [0.717, 1.165) is 19.5 Å². The molecular formula is C12H23N3O3S. The summed E-state index contributed by atoms with van der Waals surface area (Å²) in [4.78, 5) is 14.0. The number of nitrogens with zero attached hydrogens (tertiary/aromatic N) is 2. The van der Waals surface area contributed by atoms with E-state index in [9.17, 15) is 13.2 Å². The first-order valence-electron chi connectivity index (χ1n) is 7.02. The van der Waals surface area contributed by atoms with Gasteiger partial charge in [-0.25, -0.2) is 8.42 Å². The number of hydrogen-bond acceptors (Lipinski definition) is 4. The number of sulfonamides is 1. The summed E-state index contributed by atoms with van der Waals surface area (Å²) >= 11 is 0. The predicted octanol–water partition coefficient (Wildman–Crippen LogP) is -0.520. The summed E-state index contributed by atoms with van der Waals surface area (Å²) in [6.07, 6.45) is 1.53. The van der Waals surface area contributed by atoms with Gasteiger partial charge >= 0.3 is 0 Å². The maximum atomic E-state index is 12.2. The second kappa shape index (κ2) is 6.19. The number of carbonyl (C=O) groups excluding carboxylic acids is 1. The molecule has 0 bridgehead atoms. The van der Waals surface area contributed by atoms with Gasteiger partial charge in [-0.1, -0.05) is 6.92 Å². The van der Waals surface area contributed by atoms with Crippen molar-refractivity contribution in [1.29, 1.82) is 0 Å². The van der Waals surface area contributed by atoms with Crippen LogP contribution in [0.2, 0.25) is 0 Å². The molecule has 2 aliphatic heterocycles. The molecular weight excluding hydrogens is 266 g/mol. The molecule has 0 aromatic heterocycles. The monoisotopic (exact) mass is 289 g/mol. The third-order valence-electron chi connectivity index (χ3n) is 3.82. The Hall–Kier alpha value is -0.660. The summed E-state index contributed by atoms with van der Waals surface area (Å²) in [6, 6.07) is 0. The van der Waals surface area contributed by atoms with Gasteiger partial charge in [0.1, 0.15) is 0 Å². The molecule has 0 aliphatic carbocycles. The quantitative estimate of drug-likeness (QED) is 0.756. The molecule has 1 atom stereocenters. The molecule has 2 aliphatic rings. The van der Waals surface area contributed by atoms with Crippen molar-refractivity contribution in [2.24, 2.45) is 5.92 Å². The lowest BCUT2D eigenvalue weighted by atomic mass is 10.1. The minimum Gasteiger partial charge on any atom is -0.340 e. The Kier molecular flexibility index (Phi) is 4.81. The fourth-order valence-corrected chi connectivity index (χ4v) is 4.19. The first-order chi connectivity index (χ1) is 9.04. The van der Waals surface area contributed by atoms with E-state index in [4.69, 9.17) is 0 Å². The molecule has 1 unspecified atom stereocenters. The van der Waals surface area contributed by atoms with Crippen LogP contribution in [-0.2, 0) is 14.8 Å². The van der Waals surface area contributed by atoms with Crippen molar-refractivity contribution >= 4 is 15.9 Å². The van der Waals surface area contributed by atoms with Crippen molar-refractivity contribution in [3.05, 3.63) is 0 Å². The van der Waals surface area contributed by atoms with Crippen molar-refractivity contribution in [3.8, 4) is 0 Å². The number of amides is 1. The second-order valence-electron chi connectivity index (χ2n) is 5.23. The smallest absolute Gasteiger partial charge is 0.227 e. The van der Waals surface area contributed by atoms with Crippen molar-refractivity contribution < 1.29 is 13.2 Å². The van der Waals surface area contributed by atoms with Gasteiger partial charge < -0.3 is 10.2 Å². The number of rotatable bonds is 4. The minimum absolute atomic E-state index is 0.0822. The van der Waals surface area contributed by atoms with E-state index >= 15 is 0 Å². The van der Waals surface area contributed by atoms with Gasteiger partial charge in [0.25, 0.3) is 0 Å². The topological polar surface area (TPSA) is 69.7 Å². The number of carbonyl (C=O) groups is 1. The van der Waals surface area contributed by atoms with Crippen molar-refractivity contribution in [1.82, 2.24) is 14.5 Å². The van der Waals surface area contributed by atoms with E-state index in [1.54, 1.807) is 0 Å². The fourth-order valence-electron chi connectivity index (χ4n) is 2.70. The normalized spacial score (nSPS) is 25.7. The van der Waals surface area contributed by atoms with Gasteiger partial charge in [-0.3, -0.25) is 4.79 Å². The molecule has 2 heterocycles. The van der Waals surface area contributed by atoms with Crippen LogP contribution >= 0.6 is 0 Å². The van der Waals surface area contributed by atoms with Crippen LogP contribution < -0.4 is 5.32 Å². The molecule has 7 heteroatoms. The number of hydrogen-bond donors (Lipinski definition) is 1. The van der Waals surface area contributed by atoms with Gasteiger partial charge in [-0.15, -0.1) is 0 Å². The summed E-state index contributed by atoms with van der Waals surface area (Å²) < 4.78 is 25.4. The zero-order valence-corrected chi connectivity index (χ0v) is 12.3. The Morgan fingerprint density at radius 3 is 2.47 bits per heavy atom. The molecule has 2 saturated heterocycles. The predicted molar refractivity (Wildman–Crippen MR) is 73.2 cm³/mol. The van der Waals surface area contributed by atoms with Gasteiger partial charge in [-0.2, -0.15) is 4.31 Å². The van der Waals surface area contributed by atoms with Crippen LogP contribution in [0.5, 0.6) is 0 Å². The van der Waals surface area contributed by atoms with Gasteiger partial charge in [0, 0.05) is 32.7 Å². The molecule has 6 nitrogen and oxygen atoms in total. The lowest BCUT2D eigenvalue weighted by molar-refractivity contribution is -0.136. The van der Waals surface area contributed by atoms with Crippen LogP contribution in [0.1, 0.15) is 19.8 Å². The summed E-state index contributed by atoms with van der Waals surface area (Å²) in [5.74, 6) is 0.462. The summed E-state index contributed by atoms with van der Waals surface area (Å²) in [7, 11) is -3.12. The van der Waals surface area contributed by atoms with Crippen LogP contribution in [0.15, 0.2) is 0 Å². The molecule has 110 valence electrons. The molecule has 2 rings (SSSR count). The molecule has 1 amide bonds. The first kappa shape index (κ1) is 14.7. The fraction of sp³-hybridized carbons (Fsp3) is 0.917. The third kappa shape index (κ3) is 3.46. The lowest BCUT2D eigenvalue weighted by Crippen LogP contribution is -2.52. The average Bonchev–Trinajstić information content (AvgIpc) is 2.92. The number of nitrogens with one attached hydrogen (secondary N) is 1. The molecule has 1 N–H and O–H groups in total. The Bertz CT molecular complexity index is 410. The molecule has 0 radical (unpaired) electrons. The van der Waals surface area contributed by atoms with Crippen LogP contribution in [-0.4, -0.2) is 68.6 Å². The average molecular weight is 289 g/mol. The van der Waals surface area contributed by atoms with E-state index < -0.39 is 10.0 Å². The van der Waals surface area contributed by atoms with Crippen molar-refractivity contribution in [3.63, 3.8) is 0 Å². The highest BCUT2D eigenvalue weighted by atomic mass is 32.2. The van der Waals surface area contributed by atoms with E-state index in [-0.39, 0.29) is 17.6 Å². The van der Waals surface area contributed by atoms with Gasteiger partial charge in [-0.05, 0) is 19.4 Å². The summed E-state index contributed by atoms with van der Waals surface area (Å²) in [5, 5.41) is 3.19. The van der Waals surface area contributed by atoms with E-state index in [1.165, 1.54) is 4.31 Å². The van der Waals surface area contributed by atoms with Crippen molar-refractivity contribution in [2.75, 3.05) is 45.0 Å². The molecule has 0 saturated carbocycles. The largest absolute Gasteiger partial charge is 0.340 e. The Balaban J connectivity index is 1.87. The molecule has 19 heavy (non-hydrogen) atoms. The summed E-state index contributed by atoms with van der Waals surface area (Å²) in [6.45, 7) is 5.46. The highest BCUT2D eigenvalue weighted by molar-refractivity contribution is 7.89. The third-order valence-corrected chi connectivity index (χ3v) is 5.89. The maximum Gasteiger partial charge on any atom is 0.227 e. The number of piperazine rings is 1. The molecule has 2 fully saturated rings. The molecule has 0 spiro atoms. The van der Waals surface area contributed by atoms with Gasteiger partial charge in [0.15, 0.2) is 0 Å². The Morgan fingerprint density at radius 1 is 1.26 bits per heavy atom. The zero-order valence-electron chi connectivity index (χ0n) is 11.5. The van der Waals surface area contributed by atoms with Crippen LogP contribution in [0.4, 0.5) is 0 Å². The van der Waals surface area contributed by atoms with Gasteiger partial charge in [0.2, 0.25) is 15.9 Å². The van der Waals surface area contributed by atoms with Crippen LogP contribution in [0.3, 0.4) is 0 Å². The van der Waals surface area contributed by atoms with Crippen LogP contribution in [0, 0.1) is 5.92 Å². The zero-order chi connectivity index (χ0) is 13.9. The highest BCUT2D eigenvalue weighted by Gasteiger charge is 2.32. The summed E-state index contributed by atoms with van der Waals surface area (Å²) in [5.41, 5.74) is 0. The second-order valence-corrected chi connectivity index (χ2v) is 7.32. The van der Waals surface area contributed by atoms with Crippen molar-refractivity contribution in [2.45, 2.75) is 19.8 Å². The Labute approximate surface area is 115 Å². The first-order valence-corrected chi connectivity index (χ1v) is 8.63. The minimum atomic E-state index is -3.12. The Morgan fingerprint density at radius 2 is 1.95 bits per heavy atom. The standard InChI is InChI=1S/C12H23N3O3S/c1-2-9-19(17,18)15-7-5-14(6-8-15)12(16)11-3-4-13-10-11/h11,13H,2-10H2,1H3. The van der Waals surface area contributed by atoms with E-state index in [1.807, 2.05) is 11.8 Å². The maximum absolute atomic E-state index is 12.2. The van der Waals surface area contributed by atoms with E-state index in [2.05, 4.69) is 5.32 Å². The highest BCUT2D eigenvalue weighted by Crippen LogP contribution is 2.15. The molecule has 0 aromatic rings. The van der Waals surface area contributed by atoms with Crippen LogP contribution in [0.25, 0.3) is 0 Å². The SMILES string of the molecule is CCCS(=O)(=O)N1CCN(C(=O)C2CCNC2)CC1. The lowest BCUT2D eigenvalue weighted by Gasteiger charge is -2.35. The van der Waals surface area contributed by atoms with Gasteiger partial charge in [0.05, 0.1) is 11.7 Å². The molecule has 0 aromatic carbocycles. The van der Waals surface area contributed by atoms with E-state index in [0.29, 0.717) is 32.6 Å².